The van der Waals surface area contributed by atoms with Crippen LogP contribution >= 0.6 is 35.0 Å². The van der Waals surface area contributed by atoms with E-state index in [2.05, 4.69) is 10.6 Å². The van der Waals surface area contributed by atoms with Crippen LogP contribution in [0, 0.1) is 0 Å². The van der Waals surface area contributed by atoms with Crippen molar-refractivity contribution in [2.24, 2.45) is 0 Å². The van der Waals surface area contributed by atoms with Gasteiger partial charge in [0.15, 0.2) is 5.95 Å². The summed E-state index contributed by atoms with van der Waals surface area (Å²) in [6, 6.07) is 14.0. The summed E-state index contributed by atoms with van der Waals surface area (Å²) in [6.45, 7) is 0. The predicted octanol–water partition coefficient (Wildman–Crippen LogP) is 3.45. The highest BCUT2D eigenvalue weighted by Gasteiger charge is 2.21. The number of halogens is 2. The van der Waals surface area contributed by atoms with Gasteiger partial charge in [0, 0.05) is 29.3 Å². The second-order valence-electron chi connectivity index (χ2n) is 5.18. The Morgan fingerprint density at radius 3 is 2.73 bits per heavy atom. The lowest BCUT2D eigenvalue weighted by Crippen LogP contribution is -2.34. The maximum atomic E-state index is 12.1. The van der Waals surface area contributed by atoms with Crippen LogP contribution in [-0.2, 0) is 4.79 Å². The first-order valence-electron chi connectivity index (χ1n) is 7.57. The molecule has 0 spiro atoms. The summed E-state index contributed by atoms with van der Waals surface area (Å²) in [7, 11) is 0. The second kappa shape index (κ2) is 8.44. The molecule has 0 aliphatic rings. The fraction of sp³-hybridized carbons (Fsp3) is 0.118. The minimum absolute atomic E-state index is 0.184. The first-order chi connectivity index (χ1) is 12.5. The Bertz CT molecular complexity index is 919. The van der Waals surface area contributed by atoms with Gasteiger partial charge in [0.1, 0.15) is 0 Å². The zero-order valence-corrected chi connectivity index (χ0v) is 15.6. The van der Waals surface area contributed by atoms with Gasteiger partial charge in [-0.3, -0.25) is 4.79 Å². The normalized spacial score (nSPS) is 10.7. The highest BCUT2D eigenvalue weighted by Crippen LogP contribution is 2.26. The lowest BCUT2D eigenvalue weighted by atomic mass is 10.3. The van der Waals surface area contributed by atoms with Crippen molar-refractivity contribution in [3.8, 4) is 11.6 Å². The van der Waals surface area contributed by atoms with Crippen molar-refractivity contribution in [1.29, 1.82) is 0 Å². The Kier molecular flexibility index (Phi) is 6.03. The van der Waals surface area contributed by atoms with Crippen molar-refractivity contribution in [2.45, 2.75) is 11.4 Å². The van der Waals surface area contributed by atoms with Crippen molar-refractivity contribution < 1.29 is 19.1 Å². The minimum atomic E-state index is -0.542. The number of amides is 1. The van der Waals surface area contributed by atoms with Gasteiger partial charge in [-0.25, -0.2) is 0 Å². The number of anilines is 1. The molecule has 1 amide bonds. The largest absolute Gasteiger partial charge is 0.538 e. The van der Waals surface area contributed by atoms with E-state index >= 15 is 0 Å². The number of hydrogen-bond donors (Lipinski definition) is 1. The van der Waals surface area contributed by atoms with Crippen molar-refractivity contribution in [3.05, 3.63) is 58.6 Å². The van der Waals surface area contributed by atoms with Crippen molar-refractivity contribution in [2.75, 3.05) is 11.1 Å². The van der Waals surface area contributed by atoms with E-state index in [4.69, 9.17) is 27.7 Å². The molecule has 3 aromatic rings. The molecule has 0 saturated carbocycles. The van der Waals surface area contributed by atoms with E-state index < -0.39 is 5.95 Å². The molecular weight excluding hydrogens is 397 g/mol. The van der Waals surface area contributed by atoms with Crippen LogP contribution < -0.4 is 15.1 Å². The van der Waals surface area contributed by atoms with Crippen LogP contribution in [0.4, 0.5) is 5.69 Å². The van der Waals surface area contributed by atoms with Gasteiger partial charge >= 0.3 is 0 Å². The minimum Gasteiger partial charge on any atom is -0.538 e. The van der Waals surface area contributed by atoms with Crippen molar-refractivity contribution in [1.82, 2.24) is 5.27 Å². The van der Waals surface area contributed by atoms with Crippen molar-refractivity contribution >= 4 is 46.6 Å². The van der Waals surface area contributed by atoms with E-state index in [-0.39, 0.29) is 12.3 Å². The molecule has 3 rings (SSSR count). The van der Waals surface area contributed by atoms with Crippen molar-refractivity contribution in [3.63, 3.8) is 0 Å². The quantitative estimate of drug-likeness (QED) is 0.497. The Labute approximate surface area is 163 Å². The zero-order valence-electron chi connectivity index (χ0n) is 13.3. The fourth-order valence-electron chi connectivity index (χ4n) is 2.14. The highest BCUT2D eigenvalue weighted by molar-refractivity contribution is 7.99. The standard InChI is InChI=1S/C17H13Cl2N3O3S/c18-11-6-7-14(13(19)10-11)20-15(23)8-9-26-16-17(24)25-21-22(16)12-4-2-1-3-5-12/h1-7,10H,8-9H2,(H-,20,21,23,24). The van der Waals surface area contributed by atoms with E-state index in [9.17, 15) is 9.90 Å². The molecule has 9 heteroatoms. The summed E-state index contributed by atoms with van der Waals surface area (Å²) in [6.07, 6.45) is 0.184. The van der Waals surface area contributed by atoms with E-state index in [0.29, 0.717) is 32.2 Å². The van der Waals surface area contributed by atoms with Gasteiger partial charge in [-0.15, -0.1) is 0 Å². The summed E-state index contributed by atoms with van der Waals surface area (Å²) in [5.41, 5.74) is 1.19. The molecule has 2 aromatic carbocycles. The average molecular weight is 410 g/mol. The maximum Gasteiger partial charge on any atom is 0.297 e. The molecule has 0 atom stereocenters. The Morgan fingerprint density at radius 2 is 2.00 bits per heavy atom. The van der Waals surface area contributed by atoms with Crippen LogP contribution in [0.25, 0.3) is 5.69 Å². The lowest BCUT2D eigenvalue weighted by molar-refractivity contribution is -0.705. The number of nitrogens with zero attached hydrogens (tertiary/aromatic N) is 2. The number of thioether (sulfide) groups is 1. The van der Waals surface area contributed by atoms with E-state index in [1.54, 1.807) is 30.3 Å². The fourth-order valence-corrected chi connectivity index (χ4v) is 3.49. The van der Waals surface area contributed by atoms with Crippen LogP contribution in [0.2, 0.25) is 10.0 Å². The molecule has 26 heavy (non-hydrogen) atoms. The smallest absolute Gasteiger partial charge is 0.297 e. The summed E-state index contributed by atoms with van der Waals surface area (Å²) < 4.78 is 6.15. The molecule has 0 bridgehead atoms. The Morgan fingerprint density at radius 1 is 1.23 bits per heavy atom. The van der Waals surface area contributed by atoms with E-state index in [1.807, 2.05) is 18.2 Å². The van der Waals surface area contributed by atoms with Crippen LogP contribution in [0.15, 0.2) is 58.1 Å². The molecule has 0 aliphatic carbocycles. The van der Waals surface area contributed by atoms with Gasteiger partial charge in [-0.1, -0.05) is 53.2 Å². The molecule has 0 saturated heterocycles. The first-order valence-corrected chi connectivity index (χ1v) is 9.31. The number of rotatable bonds is 6. The van der Waals surface area contributed by atoms with Crippen LogP contribution in [0.5, 0.6) is 5.95 Å². The molecule has 1 heterocycles. The summed E-state index contributed by atoms with van der Waals surface area (Å²) in [4.78, 5) is 12.1. The van der Waals surface area contributed by atoms with Gasteiger partial charge < -0.3 is 14.9 Å². The molecule has 134 valence electrons. The third-order valence-electron chi connectivity index (χ3n) is 3.35. The Balaban J connectivity index is 1.60. The molecule has 1 aromatic heterocycles. The second-order valence-corrected chi connectivity index (χ2v) is 7.11. The average Bonchev–Trinajstić information content (AvgIpc) is 2.99. The van der Waals surface area contributed by atoms with Gasteiger partial charge in [0.05, 0.1) is 16.0 Å². The molecule has 0 unspecified atom stereocenters. The third kappa shape index (κ3) is 4.49. The number of nitrogens with one attached hydrogen (secondary N) is 1. The Hall–Kier alpha value is -2.22. The molecule has 6 nitrogen and oxygen atoms in total. The number of carbonyl (C=O) groups is 1. The highest BCUT2D eigenvalue weighted by atomic mass is 35.5. The molecule has 0 fully saturated rings. The third-order valence-corrected chi connectivity index (χ3v) is 4.92. The monoisotopic (exact) mass is 409 g/mol. The SMILES string of the molecule is O=C(CCSc1c([O-])on[n+]1-c1ccccc1)Nc1ccc(Cl)cc1Cl. The maximum absolute atomic E-state index is 12.1. The predicted molar refractivity (Wildman–Crippen MR) is 97.9 cm³/mol. The summed E-state index contributed by atoms with van der Waals surface area (Å²) in [5, 5.41) is 19.5. The van der Waals surface area contributed by atoms with E-state index in [0.717, 1.165) is 0 Å². The topological polar surface area (TPSA) is 82.1 Å². The van der Waals surface area contributed by atoms with Gasteiger partial charge in [0.2, 0.25) is 11.6 Å². The first kappa shape index (κ1) is 18.6. The van der Waals surface area contributed by atoms with Crippen LogP contribution in [0.1, 0.15) is 6.42 Å². The zero-order chi connectivity index (χ0) is 18.5. The van der Waals surface area contributed by atoms with Crippen LogP contribution in [-0.4, -0.2) is 16.9 Å². The number of hydrogen-bond acceptors (Lipinski definition) is 5. The van der Waals surface area contributed by atoms with Crippen LogP contribution in [0.3, 0.4) is 0 Å². The number of carbonyl (C=O) groups excluding carboxylic acids is 1. The lowest BCUT2D eigenvalue weighted by Gasteiger charge is -2.07. The molecular formula is C17H13Cl2N3O3S. The molecule has 0 radical (unpaired) electrons. The summed E-state index contributed by atoms with van der Waals surface area (Å²) in [5.74, 6) is -0.391. The molecule has 0 aliphatic heterocycles. The van der Waals surface area contributed by atoms with Gasteiger partial charge in [-0.05, 0) is 22.9 Å². The van der Waals surface area contributed by atoms with E-state index in [1.165, 1.54) is 16.4 Å². The summed E-state index contributed by atoms with van der Waals surface area (Å²) >= 11 is 13.1. The molecule has 1 N–H and O–H groups in total. The van der Waals surface area contributed by atoms with Gasteiger partial charge in [0.25, 0.3) is 5.03 Å². The number of benzene rings is 2. The van der Waals surface area contributed by atoms with Gasteiger partial charge in [-0.2, -0.15) is 0 Å². The number of para-hydroxylation sites is 1. The number of aromatic nitrogens is 2.